The number of nitriles is 1. The highest BCUT2D eigenvalue weighted by Gasteiger charge is 2.04. The third-order valence-electron chi connectivity index (χ3n) is 3.59. The molecule has 23 heavy (non-hydrogen) atoms. The fraction of sp³-hybridized carbons (Fsp3) is 0.0500. The van der Waals surface area contributed by atoms with E-state index in [0.29, 0.717) is 17.9 Å². The van der Waals surface area contributed by atoms with Gasteiger partial charge in [0.05, 0.1) is 5.56 Å². The molecule has 2 N–H and O–H groups in total. The van der Waals surface area contributed by atoms with Crippen LogP contribution in [0.1, 0.15) is 11.1 Å². The molecule has 0 heterocycles. The molecule has 0 aliphatic heterocycles. The van der Waals surface area contributed by atoms with Crippen LogP contribution >= 0.6 is 0 Å². The highest BCUT2D eigenvalue weighted by Crippen LogP contribution is 2.27. The fourth-order valence-electron chi connectivity index (χ4n) is 2.34. The highest BCUT2D eigenvalue weighted by atomic mass is 16.5. The SMILES string of the molecule is N#Cc1cc(-c2cccc(OCc3ccccc3)c2)ccc1N. The van der Waals surface area contributed by atoms with Gasteiger partial charge in [0.25, 0.3) is 0 Å². The number of nitrogen functional groups attached to an aromatic ring is 1. The first-order valence-corrected chi connectivity index (χ1v) is 7.33. The van der Waals surface area contributed by atoms with Crippen molar-refractivity contribution in [1.82, 2.24) is 0 Å². The van der Waals surface area contributed by atoms with Gasteiger partial charge in [0.15, 0.2) is 0 Å². The number of ether oxygens (including phenoxy) is 1. The molecule has 3 aromatic carbocycles. The van der Waals surface area contributed by atoms with Crippen LogP contribution in [0.25, 0.3) is 11.1 Å². The summed E-state index contributed by atoms with van der Waals surface area (Å²) in [6, 6.07) is 25.4. The molecule has 0 atom stereocenters. The third kappa shape index (κ3) is 3.50. The van der Waals surface area contributed by atoms with E-state index in [1.807, 2.05) is 60.7 Å². The lowest BCUT2D eigenvalue weighted by molar-refractivity contribution is 0.306. The fourth-order valence-corrected chi connectivity index (χ4v) is 2.34. The molecule has 3 heteroatoms. The molecule has 3 nitrogen and oxygen atoms in total. The van der Waals surface area contributed by atoms with Gasteiger partial charge in [0.1, 0.15) is 18.4 Å². The van der Waals surface area contributed by atoms with E-state index in [1.165, 1.54) is 0 Å². The summed E-state index contributed by atoms with van der Waals surface area (Å²) in [5.74, 6) is 0.793. The number of nitrogens with two attached hydrogens (primary N) is 1. The average Bonchev–Trinajstić information content (AvgIpc) is 2.61. The van der Waals surface area contributed by atoms with Gasteiger partial charge in [0.2, 0.25) is 0 Å². The lowest BCUT2D eigenvalue weighted by Gasteiger charge is -2.09. The van der Waals surface area contributed by atoms with Crippen molar-refractivity contribution in [3.8, 4) is 22.9 Å². The molecule has 3 rings (SSSR count). The van der Waals surface area contributed by atoms with Crippen molar-refractivity contribution in [1.29, 1.82) is 5.26 Å². The highest BCUT2D eigenvalue weighted by molar-refractivity contribution is 5.70. The maximum atomic E-state index is 9.10. The molecule has 3 aromatic rings. The van der Waals surface area contributed by atoms with Crippen LogP contribution in [0, 0.1) is 11.3 Å². The van der Waals surface area contributed by atoms with Gasteiger partial charge in [-0.3, -0.25) is 0 Å². The Morgan fingerprint density at radius 2 is 1.65 bits per heavy atom. The molecule has 0 aliphatic rings. The van der Waals surface area contributed by atoms with Gasteiger partial charge in [-0.2, -0.15) is 5.26 Å². The Morgan fingerprint density at radius 3 is 2.43 bits per heavy atom. The molecular formula is C20H16N2O. The van der Waals surface area contributed by atoms with E-state index in [2.05, 4.69) is 6.07 Å². The minimum Gasteiger partial charge on any atom is -0.489 e. The quantitative estimate of drug-likeness (QED) is 0.727. The summed E-state index contributed by atoms with van der Waals surface area (Å²) in [4.78, 5) is 0. The Labute approximate surface area is 135 Å². The van der Waals surface area contributed by atoms with E-state index >= 15 is 0 Å². The van der Waals surface area contributed by atoms with Crippen LogP contribution in [0.3, 0.4) is 0 Å². The Balaban J connectivity index is 1.81. The summed E-state index contributed by atoms with van der Waals surface area (Å²) in [5, 5.41) is 9.10. The topological polar surface area (TPSA) is 59.0 Å². The molecule has 0 bridgehead atoms. The number of benzene rings is 3. The normalized spacial score (nSPS) is 10.0. The molecule has 0 amide bonds. The van der Waals surface area contributed by atoms with Crippen molar-refractivity contribution in [2.75, 3.05) is 5.73 Å². The van der Waals surface area contributed by atoms with Crippen LogP contribution in [0.15, 0.2) is 72.8 Å². The molecule has 0 spiro atoms. The summed E-state index contributed by atoms with van der Waals surface area (Å²) >= 11 is 0. The summed E-state index contributed by atoms with van der Waals surface area (Å²) < 4.78 is 5.84. The van der Waals surface area contributed by atoms with Gasteiger partial charge in [0, 0.05) is 5.69 Å². The van der Waals surface area contributed by atoms with Crippen LogP contribution in [-0.4, -0.2) is 0 Å². The molecule has 0 saturated heterocycles. The van der Waals surface area contributed by atoms with Crippen LogP contribution in [0.5, 0.6) is 5.75 Å². The molecule has 112 valence electrons. The van der Waals surface area contributed by atoms with Crippen molar-refractivity contribution in [3.05, 3.63) is 83.9 Å². The van der Waals surface area contributed by atoms with Crippen molar-refractivity contribution in [2.24, 2.45) is 0 Å². The second-order valence-electron chi connectivity index (χ2n) is 5.22. The van der Waals surface area contributed by atoms with E-state index in [9.17, 15) is 0 Å². The van der Waals surface area contributed by atoms with Crippen LogP contribution in [0.2, 0.25) is 0 Å². The molecule has 0 radical (unpaired) electrons. The van der Waals surface area contributed by atoms with Gasteiger partial charge < -0.3 is 10.5 Å². The number of hydrogen-bond donors (Lipinski definition) is 1. The second kappa shape index (κ2) is 6.67. The maximum absolute atomic E-state index is 9.10. The Kier molecular flexibility index (Phi) is 4.26. The standard InChI is InChI=1S/C20H16N2O/c21-13-18-11-17(9-10-20(18)22)16-7-4-8-19(12-16)23-14-15-5-2-1-3-6-15/h1-12H,14,22H2. The third-order valence-corrected chi connectivity index (χ3v) is 3.59. The minimum absolute atomic E-state index is 0.484. The van der Waals surface area contributed by atoms with E-state index in [4.69, 9.17) is 15.7 Å². The monoisotopic (exact) mass is 300 g/mol. The predicted molar refractivity (Wildman–Crippen MR) is 91.8 cm³/mol. The Morgan fingerprint density at radius 1 is 0.870 bits per heavy atom. The van der Waals surface area contributed by atoms with Crippen molar-refractivity contribution in [2.45, 2.75) is 6.61 Å². The lowest BCUT2D eigenvalue weighted by atomic mass is 10.0. The summed E-state index contributed by atoms with van der Waals surface area (Å²) in [6.45, 7) is 0.523. The molecule has 0 fully saturated rings. The summed E-state index contributed by atoms with van der Waals surface area (Å²) in [5.41, 5.74) is 9.81. The predicted octanol–water partition coefficient (Wildman–Crippen LogP) is 4.39. The van der Waals surface area contributed by atoms with Crippen LogP contribution < -0.4 is 10.5 Å². The Bertz CT molecular complexity index is 851. The van der Waals surface area contributed by atoms with Crippen molar-refractivity contribution < 1.29 is 4.74 Å². The lowest BCUT2D eigenvalue weighted by Crippen LogP contribution is -1.95. The number of rotatable bonds is 4. The summed E-state index contributed by atoms with van der Waals surface area (Å²) in [7, 11) is 0. The van der Waals surface area contributed by atoms with Gasteiger partial charge in [-0.05, 0) is 41.0 Å². The first kappa shape index (κ1) is 14.7. The average molecular weight is 300 g/mol. The number of hydrogen-bond acceptors (Lipinski definition) is 3. The van der Waals surface area contributed by atoms with Crippen LogP contribution in [-0.2, 0) is 6.61 Å². The van der Waals surface area contributed by atoms with Crippen molar-refractivity contribution >= 4 is 5.69 Å². The number of nitrogens with zero attached hydrogens (tertiary/aromatic N) is 1. The van der Waals surface area contributed by atoms with Gasteiger partial charge in [-0.1, -0.05) is 48.5 Å². The first-order chi connectivity index (χ1) is 11.3. The zero-order valence-electron chi connectivity index (χ0n) is 12.6. The van der Waals surface area contributed by atoms with E-state index in [-0.39, 0.29) is 0 Å². The second-order valence-corrected chi connectivity index (χ2v) is 5.22. The molecule has 0 unspecified atom stereocenters. The summed E-state index contributed by atoms with van der Waals surface area (Å²) in [6.07, 6.45) is 0. The van der Waals surface area contributed by atoms with E-state index in [0.717, 1.165) is 22.4 Å². The molecule has 0 saturated carbocycles. The van der Waals surface area contributed by atoms with E-state index < -0.39 is 0 Å². The van der Waals surface area contributed by atoms with Gasteiger partial charge >= 0.3 is 0 Å². The van der Waals surface area contributed by atoms with E-state index in [1.54, 1.807) is 12.1 Å². The molecular weight excluding hydrogens is 284 g/mol. The van der Waals surface area contributed by atoms with Gasteiger partial charge in [-0.25, -0.2) is 0 Å². The van der Waals surface area contributed by atoms with Crippen LogP contribution in [0.4, 0.5) is 5.69 Å². The number of anilines is 1. The maximum Gasteiger partial charge on any atom is 0.120 e. The largest absolute Gasteiger partial charge is 0.489 e. The smallest absolute Gasteiger partial charge is 0.120 e. The molecule has 0 aliphatic carbocycles. The Hall–Kier alpha value is -3.25. The first-order valence-electron chi connectivity index (χ1n) is 7.33. The van der Waals surface area contributed by atoms with Crippen molar-refractivity contribution in [3.63, 3.8) is 0 Å². The van der Waals surface area contributed by atoms with Gasteiger partial charge in [-0.15, -0.1) is 0 Å². The zero-order chi connectivity index (χ0) is 16.1. The zero-order valence-corrected chi connectivity index (χ0v) is 12.6. The minimum atomic E-state index is 0.484. The molecule has 0 aromatic heterocycles.